The number of amides is 1. The molecule has 1 aliphatic rings. The van der Waals surface area contributed by atoms with Gasteiger partial charge in [0.2, 0.25) is 0 Å². The van der Waals surface area contributed by atoms with E-state index in [9.17, 15) is 4.79 Å². The second-order valence-corrected chi connectivity index (χ2v) is 10.6. The number of fused-ring (bicyclic) bond motifs is 1. The van der Waals surface area contributed by atoms with Crippen molar-refractivity contribution in [2.45, 2.75) is 40.0 Å². The third kappa shape index (κ3) is 5.47. The van der Waals surface area contributed by atoms with E-state index in [1.807, 2.05) is 71.2 Å². The van der Waals surface area contributed by atoms with Gasteiger partial charge in [-0.25, -0.2) is 14.6 Å². The summed E-state index contributed by atoms with van der Waals surface area (Å²) in [6, 6.07) is 15.5. The first-order chi connectivity index (χ1) is 17.9. The maximum Gasteiger partial charge on any atom is 0.254 e. The van der Waals surface area contributed by atoms with Gasteiger partial charge >= 0.3 is 0 Å². The van der Waals surface area contributed by atoms with E-state index in [2.05, 4.69) is 23.8 Å². The van der Waals surface area contributed by atoms with Crippen LogP contribution in [0.5, 0.6) is 0 Å². The van der Waals surface area contributed by atoms with Crippen LogP contribution in [-0.2, 0) is 6.42 Å². The fourth-order valence-corrected chi connectivity index (χ4v) is 5.00. The Morgan fingerprint density at radius 1 is 1.03 bits per heavy atom. The second kappa shape index (κ2) is 10.9. The summed E-state index contributed by atoms with van der Waals surface area (Å²) in [5.41, 5.74) is 3.43. The summed E-state index contributed by atoms with van der Waals surface area (Å²) >= 11 is 6.28. The number of rotatable bonds is 6. The van der Waals surface area contributed by atoms with Gasteiger partial charge in [0, 0.05) is 43.2 Å². The molecule has 1 fully saturated rings. The van der Waals surface area contributed by atoms with Crippen LogP contribution in [0.25, 0.3) is 16.7 Å². The van der Waals surface area contributed by atoms with Gasteiger partial charge in [0.15, 0.2) is 5.65 Å². The van der Waals surface area contributed by atoms with Crippen LogP contribution in [0.15, 0.2) is 54.7 Å². The third-order valence-corrected chi connectivity index (χ3v) is 7.15. The lowest BCUT2D eigenvalue weighted by molar-refractivity contribution is 0.0766. The van der Waals surface area contributed by atoms with Gasteiger partial charge in [-0.05, 0) is 55.5 Å². The van der Waals surface area contributed by atoms with Gasteiger partial charge < -0.3 is 9.80 Å². The van der Waals surface area contributed by atoms with E-state index >= 15 is 0 Å². The van der Waals surface area contributed by atoms with Crippen molar-refractivity contribution >= 4 is 34.4 Å². The molecule has 3 heterocycles. The Kier molecular flexibility index (Phi) is 7.42. The molecule has 0 aliphatic carbocycles. The maximum absolute atomic E-state index is 13.3. The molecule has 1 amide bonds. The van der Waals surface area contributed by atoms with Gasteiger partial charge in [0.25, 0.3) is 5.91 Å². The first-order valence-electron chi connectivity index (χ1n) is 13.0. The smallest absolute Gasteiger partial charge is 0.254 e. The van der Waals surface area contributed by atoms with E-state index in [0.29, 0.717) is 24.0 Å². The third-order valence-electron chi connectivity index (χ3n) is 6.91. The van der Waals surface area contributed by atoms with E-state index in [1.165, 1.54) is 0 Å². The largest absolute Gasteiger partial charge is 0.354 e. The van der Waals surface area contributed by atoms with Crippen LogP contribution in [0.2, 0.25) is 5.02 Å². The molecular formula is C29H33ClN6O. The average Bonchev–Trinajstić information content (AvgIpc) is 3.16. The predicted octanol–water partition coefficient (Wildman–Crippen LogP) is 5.72. The average molecular weight is 517 g/mol. The van der Waals surface area contributed by atoms with Crippen molar-refractivity contribution in [2.24, 2.45) is 5.92 Å². The van der Waals surface area contributed by atoms with Gasteiger partial charge in [0.1, 0.15) is 11.6 Å². The van der Waals surface area contributed by atoms with E-state index in [0.717, 1.165) is 71.8 Å². The minimum atomic E-state index is 0.0965. The summed E-state index contributed by atoms with van der Waals surface area (Å²) < 4.78 is 1.84. The number of carbonyl (C=O) groups excluding carboxylic acids is 1. The summed E-state index contributed by atoms with van der Waals surface area (Å²) in [5.74, 6) is 2.36. The summed E-state index contributed by atoms with van der Waals surface area (Å²) in [7, 11) is 0. The number of nitrogens with zero attached hydrogens (tertiary/aromatic N) is 6. The SMILES string of the molecule is Cc1ccccc1C(=O)N1CCCN(c2nc(CCC(C)C)nc3c2cnn3-c2cccc(Cl)c2)CC1. The molecule has 5 rings (SSSR count). The molecule has 37 heavy (non-hydrogen) atoms. The maximum atomic E-state index is 13.3. The highest BCUT2D eigenvalue weighted by Gasteiger charge is 2.24. The molecule has 1 saturated heterocycles. The Morgan fingerprint density at radius 2 is 1.86 bits per heavy atom. The number of aromatic nitrogens is 4. The zero-order chi connectivity index (χ0) is 25.9. The van der Waals surface area contributed by atoms with E-state index in [1.54, 1.807) is 0 Å². The molecule has 7 nitrogen and oxygen atoms in total. The zero-order valence-electron chi connectivity index (χ0n) is 21.7. The quantitative estimate of drug-likeness (QED) is 0.328. The molecule has 0 spiro atoms. The van der Waals surface area contributed by atoms with Crippen molar-refractivity contribution in [1.29, 1.82) is 0 Å². The highest BCUT2D eigenvalue weighted by Crippen LogP contribution is 2.28. The standard InChI is InChI=1S/C29H33ClN6O/c1-20(2)12-13-26-32-27(25-19-31-36(28(25)33-26)23-10-6-9-22(30)18-23)34-14-7-15-35(17-16-34)29(37)24-11-5-4-8-21(24)3/h4-6,8-11,18-20H,7,12-17H2,1-3H3. The second-order valence-electron chi connectivity index (χ2n) is 10.1. The first kappa shape index (κ1) is 25.2. The molecule has 2 aromatic heterocycles. The zero-order valence-corrected chi connectivity index (χ0v) is 22.4. The highest BCUT2D eigenvalue weighted by molar-refractivity contribution is 6.30. The van der Waals surface area contributed by atoms with Gasteiger partial charge in [-0.3, -0.25) is 4.79 Å². The molecule has 8 heteroatoms. The Labute approximate surface area is 223 Å². The topological polar surface area (TPSA) is 67.2 Å². The summed E-state index contributed by atoms with van der Waals surface area (Å²) in [4.78, 5) is 27.5. The Hall–Kier alpha value is -3.45. The van der Waals surface area contributed by atoms with Gasteiger partial charge in [-0.15, -0.1) is 0 Å². The first-order valence-corrected chi connectivity index (χ1v) is 13.4. The fourth-order valence-electron chi connectivity index (χ4n) is 4.82. The van der Waals surface area contributed by atoms with Crippen LogP contribution < -0.4 is 4.90 Å². The summed E-state index contributed by atoms with van der Waals surface area (Å²) in [5, 5.41) is 6.24. The van der Waals surface area contributed by atoms with E-state index < -0.39 is 0 Å². The molecule has 192 valence electrons. The molecule has 0 saturated carbocycles. The number of aryl methyl sites for hydroxylation is 2. The van der Waals surface area contributed by atoms with Gasteiger partial charge in [0.05, 0.1) is 17.3 Å². The van der Waals surface area contributed by atoms with Gasteiger partial charge in [-0.2, -0.15) is 5.10 Å². The Balaban J connectivity index is 1.48. The Bertz CT molecular complexity index is 1410. The molecule has 0 N–H and O–H groups in total. The number of halogens is 1. The van der Waals surface area contributed by atoms with Crippen LogP contribution in [-0.4, -0.2) is 56.7 Å². The minimum Gasteiger partial charge on any atom is -0.354 e. The monoisotopic (exact) mass is 516 g/mol. The molecule has 0 radical (unpaired) electrons. The minimum absolute atomic E-state index is 0.0965. The lowest BCUT2D eigenvalue weighted by atomic mass is 10.1. The number of hydrogen-bond acceptors (Lipinski definition) is 5. The van der Waals surface area contributed by atoms with Crippen LogP contribution in [0.3, 0.4) is 0 Å². The van der Waals surface area contributed by atoms with E-state index in [4.69, 9.17) is 21.6 Å². The van der Waals surface area contributed by atoms with Crippen LogP contribution in [0.4, 0.5) is 5.82 Å². The van der Waals surface area contributed by atoms with Crippen LogP contribution >= 0.6 is 11.6 Å². The fraction of sp³-hybridized carbons (Fsp3) is 0.379. The molecule has 0 unspecified atom stereocenters. The highest BCUT2D eigenvalue weighted by atomic mass is 35.5. The Morgan fingerprint density at radius 3 is 2.65 bits per heavy atom. The lowest BCUT2D eigenvalue weighted by Crippen LogP contribution is -2.35. The van der Waals surface area contributed by atoms with Crippen LogP contribution in [0, 0.1) is 12.8 Å². The summed E-state index contributed by atoms with van der Waals surface area (Å²) in [6.45, 7) is 9.30. The summed E-state index contributed by atoms with van der Waals surface area (Å²) in [6.07, 6.45) is 4.52. The van der Waals surface area contributed by atoms with Crippen molar-refractivity contribution in [3.05, 3.63) is 76.7 Å². The number of hydrogen-bond donors (Lipinski definition) is 0. The normalized spacial score (nSPS) is 14.4. The molecule has 1 aliphatic heterocycles. The van der Waals surface area contributed by atoms with Crippen molar-refractivity contribution in [1.82, 2.24) is 24.6 Å². The predicted molar refractivity (Wildman–Crippen MR) is 149 cm³/mol. The van der Waals surface area contributed by atoms with E-state index in [-0.39, 0.29) is 5.91 Å². The van der Waals surface area contributed by atoms with Crippen molar-refractivity contribution in [3.8, 4) is 5.69 Å². The number of anilines is 1. The molecular weight excluding hydrogens is 484 g/mol. The molecule has 2 aromatic carbocycles. The molecule has 0 atom stereocenters. The van der Waals surface area contributed by atoms with Crippen molar-refractivity contribution < 1.29 is 4.79 Å². The lowest BCUT2D eigenvalue weighted by Gasteiger charge is -2.24. The number of benzene rings is 2. The van der Waals surface area contributed by atoms with Gasteiger partial charge in [-0.1, -0.05) is 49.7 Å². The number of carbonyl (C=O) groups is 1. The molecule has 4 aromatic rings. The van der Waals surface area contributed by atoms with Crippen LogP contribution in [0.1, 0.15) is 48.4 Å². The molecule has 0 bridgehead atoms. The van der Waals surface area contributed by atoms with Crippen molar-refractivity contribution in [2.75, 3.05) is 31.1 Å². The van der Waals surface area contributed by atoms with Crippen molar-refractivity contribution in [3.63, 3.8) is 0 Å².